The molecule has 1 rings (SSSR count). The zero-order valence-corrected chi connectivity index (χ0v) is 14.6. The van der Waals surface area contributed by atoms with E-state index in [0.29, 0.717) is 16.3 Å². The van der Waals surface area contributed by atoms with Crippen LogP contribution in [0.25, 0.3) is 0 Å². The highest BCUT2D eigenvalue weighted by Gasteiger charge is 2.23. The van der Waals surface area contributed by atoms with E-state index in [9.17, 15) is 9.59 Å². The first-order valence-corrected chi connectivity index (χ1v) is 7.61. The lowest BCUT2D eigenvalue weighted by atomic mass is 10.1. The monoisotopic (exact) mass is 342 g/mol. The van der Waals surface area contributed by atoms with E-state index >= 15 is 0 Å². The summed E-state index contributed by atoms with van der Waals surface area (Å²) in [5, 5.41) is 0.526. The molecule has 0 saturated heterocycles. The Kier molecular flexibility index (Phi) is 6.69. The Hall–Kier alpha value is -1.95. The van der Waals surface area contributed by atoms with Crippen molar-refractivity contribution >= 4 is 29.4 Å². The first-order chi connectivity index (χ1) is 10.6. The number of carbonyl (C=O) groups is 2. The topological polar surface area (TPSA) is 81.9 Å². The van der Waals surface area contributed by atoms with E-state index in [-0.39, 0.29) is 19.7 Å². The highest BCUT2D eigenvalue weighted by atomic mass is 35.5. The molecule has 0 aliphatic rings. The smallest absolute Gasteiger partial charge is 0.410 e. The minimum Gasteiger partial charge on any atom is -0.464 e. The molecule has 23 heavy (non-hydrogen) atoms. The molecule has 0 aliphatic heterocycles. The molecule has 0 fully saturated rings. The van der Waals surface area contributed by atoms with E-state index in [1.807, 2.05) is 0 Å². The van der Waals surface area contributed by atoms with Gasteiger partial charge in [0.15, 0.2) is 0 Å². The highest BCUT2D eigenvalue weighted by molar-refractivity contribution is 6.30. The predicted molar refractivity (Wildman–Crippen MR) is 89.1 cm³/mol. The molecule has 0 radical (unpaired) electrons. The Bertz CT molecular complexity index is 570. The van der Waals surface area contributed by atoms with Gasteiger partial charge in [-0.15, -0.1) is 0 Å². The van der Waals surface area contributed by atoms with Crippen LogP contribution in [0.2, 0.25) is 5.02 Å². The standard InChI is InChI=1S/C16H23ClN2O4/c1-11(20)22-8-7-19(15(21)23-16(2,3)4)10-12-9-13(17)5-6-14(12)18/h5-6,9H,7-8,10,18H2,1-4H3. The van der Waals surface area contributed by atoms with Gasteiger partial charge in [-0.05, 0) is 44.5 Å². The Morgan fingerprint density at radius 3 is 2.52 bits per heavy atom. The summed E-state index contributed by atoms with van der Waals surface area (Å²) < 4.78 is 10.3. The number of carbonyl (C=O) groups excluding carboxylic acids is 2. The molecule has 0 atom stereocenters. The van der Waals surface area contributed by atoms with Gasteiger partial charge in [0.1, 0.15) is 12.2 Å². The second-order valence-electron chi connectivity index (χ2n) is 6.09. The summed E-state index contributed by atoms with van der Waals surface area (Å²) in [5.41, 5.74) is 6.51. The van der Waals surface area contributed by atoms with E-state index in [4.69, 9.17) is 26.8 Å². The summed E-state index contributed by atoms with van der Waals surface area (Å²) >= 11 is 5.97. The molecular formula is C16H23ClN2O4. The van der Waals surface area contributed by atoms with Crippen molar-refractivity contribution in [1.82, 2.24) is 4.90 Å². The lowest BCUT2D eigenvalue weighted by Gasteiger charge is -2.27. The Labute approximate surface area is 141 Å². The van der Waals surface area contributed by atoms with Crippen molar-refractivity contribution in [2.75, 3.05) is 18.9 Å². The van der Waals surface area contributed by atoms with Crippen molar-refractivity contribution < 1.29 is 19.1 Å². The molecule has 7 heteroatoms. The SMILES string of the molecule is CC(=O)OCCN(Cc1cc(Cl)ccc1N)C(=O)OC(C)(C)C. The number of rotatable bonds is 5. The van der Waals surface area contributed by atoms with E-state index < -0.39 is 17.7 Å². The molecule has 0 saturated carbocycles. The molecule has 1 aromatic rings. The van der Waals surface area contributed by atoms with Crippen LogP contribution in [0.1, 0.15) is 33.3 Å². The normalized spacial score (nSPS) is 11.0. The van der Waals surface area contributed by atoms with E-state index in [1.165, 1.54) is 11.8 Å². The zero-order chi connectivity index (χ0) is 17.6. The van der Waals surface area contributed by atoms with Crippen molar-refractivity contribution in [1.29, 1.82) is 0 Å². The Morgan fingerprint density at radius 1 is 1.30 bits per heavy atom. The molecule has 128 valence electrons. The quantitative estimate of drug-likeness (QED) is 0.656. The summed E-state index contributed by atoms with van der Waals surface area (Å²) in [7, 11) is 0. The molecule has 2 N–H and O–H groups in total. The summed E-state index contributed by atoms with van der Waals surface area (Å²) in [6, 6.07) is 5.05. The third kappa shape index (κ3) is 7.23. The van der Waals surface area contributed by atoms with Crippen LogP contribution in [0.15, 0.2) is 18.2 Å². The molecule has 1 amide bonds. The number of esters is 1. The lowest BCUT2D eigenvalue weighted by Crippen LogP contribution is -2.38. The molecule has 0 aliphatic carbocycles. The average molecular weight is 343 g/mol. The predicted octanol–water partition coefficient (Wildman–Crippen LogP) is 3.22. The number of hydrogen-bond donors (Lipinski definition) is 1. The van der Waals surface area contributed by atoms with Gasteiger partial charge >= 0.3 is 12.1 Å². The van der Waals surface area contributed by atoms with Gasteiger partial charge < -0.3 is 20.1 Å². The number of amides is 1. The van der Waals surface area contributed by atoms with Crippen LogP contribution >= 0.6 is 11.6 Å². The van der Waals surface area contributed by atoms with Crippen molar-refractivity contribution in [3.8, 4) is 0 Å². The number of benzene rings is 1. The summed E-state index contributed by atoms with van der Waals surface area (Å²) in [5.74, 6) is -0.406. The van der Waals surface area contributed by atoms with Crippen molar-refractivity contribution in [3.63, 3.8) is 0 Å². The van der Waals surface area contributed by atoms with Crippen LogP contribution in [0, 0.1) is 0 Å². The van der Waals surface area contributed by atoms with Gasteiger partial charge in [0.25, 0.3) is 0 Å². The van der Waals surface area contributed by atoms with Crippen LogP contribution in [-0.4, -0.2) is 35.7 Å². The molecule has 0 spiro atoms. The molecule has 0 aromatic heterocycles. The van der Waals surface area contributed by atoms with Crippen LogP contribution in [0.3, 0.4) is 0 Å². The molecule has 0 bridgehead atoms. The molecule has 6 nitrogen and oxygen atoms in total. The number of hydrogen-bond acceptors (Lipinski definition) is 5. The molecule has 0 unspecified atom stereocenters. The molecule has 0 heterocycles. The van der Waals surface area contributed by atoms with Gasteiger partial charge in [-0.2, -0.15) is 0 Å². The number of halogens is 1. The Balaban J connectivity index is 2.87. The highest BCUT2D eigenvalue weighted by Crippen LogP contribution is 2.20. The third-order valence-electron chi connectivity index (χ3n) is 2.78. The van der Waals surface area contributed by atoms with Crippen molar-refractivity contribution in [2.45, 2.75) is 39.8 Å². The lowest BCUT2D eigenvalue weighted by molar-refractivity contribution is -0.141. The van der Waals surface area contributed by atoms with E-state index in [2.05, 4.69) is 0 Å². The van der Waals surface area contributed by atoms with Gasteiger partial charge in [-0.1, -0.05) is 11.6 Å². The van der Waals surface area contributed by atoms with Gasteiger partial charge in [0.2, 0.25) is 0 Å². The van der Waals surface area contributed by atoms with Crippen molar-refractivity contribution in [2.24, 2.45) is 0 Å². The van der Waals surface area contributed by atoms with E-state index in [0.717, 1.165) is 0 Å². The van der Waals surface area contributed by atoms with Gasteiger partial charge in [-0.3, -0.25) is 4.79 Å². The fourth-order valence-electron chi connectivity index (χ4n) is 1.78. The van der Waals surface area contributed by atoms with Crippen molar-refractivity contribution in [3.05, 3.63) is 28.8 Å². The minimum atomic E-state index is -0.628. The number of nitrogens with zero attached hydrogens (tertiary/aromatic N) is 1. The number of nitrogens with two attached hydrogens (primary N) is 1. The maximum atomic E-state index is 12.3. The second kappa shape index (κ2) is 8.06. The minimum absolute atomic E-state index is 0.0784. The van der Waals surface area contributed by atoms with Crippen LogP contribution < -0.4 is 5.73 Å². The van der Waals surface area contributed by atoms with E-state index in [1.54, 1.807) is 39.0 Å². The fraction of sp³-hybridized carbons (Fsp3) is 0.500. The number of anilines is 1. The van der Waals surface area contributed by atoms with Gasteiger partial charge in [0, 0.05) is 17.6 Å². The Morgan fingerprint density at radius 2 is 1.96 bits per heavy atom. The van der Waals surface area contributed by atoms with Crippen LogP contribution in [0.5, 0.6) is 0 Å². The second-order valence-corrected chi connectivity index (χ2v) is 6.52. The maximum Gasteiger partial charge on any atom is 0.410 e. The maximum absolute atomic E-state index is 12.3. The fourth-order valence-corrected chi connectivity index (χ4v) is 1.97. The third-order valence-corrected chi connectivity index (χ3v) is 3.02. The van der Waals surface area contributed by atoms with Crippen LogP contribution in [-0.2, 0) is 20.8 Å². The first kappa shape index (κ1) is 19.1. The summed E-state index contributed by atoms with van der Waals surface area (Å²) in [4.78, 5) is 24.6. The number of ether oxygens (including phenoxy) is 2. The van der Waals surface area contributed by atoms with Gasteiger partial charge in [0.05, 0.1) is 13.1 Å². The zero-order valence-electron chi connectivity index (χ0n) is 13.9. The largest absolute Gasteiger partial charge is 0.464 e. The first-order valence-electron chi connectivity index (χ1n) is 7.23. The molecule has 1 aromatic carbocycles. The van der Waals surface area contributed by atoms with Gasteiger partial charge in [-0.25, -0.2) is 4.79 Å². The number of nitrogen functional groups attached to an aromatic ring is 1. The average Bonchev–Trinajstić information content (AvgIpc) is 2.39. The van der Waals surface area contributed by atoms with Crippen LogP contribution in [0.4, 0.5) is 10.5 Å². The summed E-state index contributed by atoms with van der Waals surface area (Å²) in [6.07, 6.45) is -0.510. The molecular weight excluding hydrogens is 320 g/mol. The summed E-state index contributed by atoms with van der Waals surface area (Å²) in [6.45, 7) is 7.14.